The van der Waals surface area contributed by atoms with Gasteiger partial charge in [-0.15, -0.1) is 0 Å². The van der Waals surface area contributed by atoms with Gasteiger partial charge in [-0.25, -0.2) is 18.4 Å². The molecule has 0 amide bonds. The van der Waals surface area contributed by atoms with Gasteiger partial charge in [-0.05, 0) is 36.2 Å². The van der Waals surface area contributed by atoms with Crippen LogP contribution >= 0.6 is 0 Å². The Morgan fingerprint density at radius 2 is 1.97 bits per heavy atom. The van der Waals surface area contributed by atoms with Gasteiger partial charge in [0.05, 0.1) is 46.4 Å². The molecule has 2 aromatic heterocycles. The van der Waals surface area contributed by atoms with Gasteiger partial charge >= 0.3 is 0 Å². The summed E-state index contributed by atoms with van der Waals surface area (Å²) in [4.78, 5) is 14.0. The third kappa shape index (κ3) is 3.78. The van der Waals surface area contributed by atoms with Crippen LogP contribution in [0.5, 0.6) is 0 Å². The van der Waals surface area contributed by atoms with Crippen molar-refractivity contribution in [2.75, 3.05) is 10.5 Å². The summed E-state index contributed by atoms with van der Waals surface area (Å²) in [7, 11) is -1.38. The molecule has 0 atom stereocenters. The Balaban J connectivity index is 1.50. The number of rotatable bonds is 6. The molecule has 7 nitrogen and oxygen atoms in total. The number of hydrogen-bond donors (Lipinski definition) is 1. The second-order valence-electron chi connectivity index (χ2n) is 7.93. The summed E-state index contributed by atoms with van der Waals surface area (Å²) < 4.78 is 28.9. The molecule has 0 saturated heterocycles. The van der Waals surface area contributed by atoms with Crippen LogP contribution in [0.2, 0.25) is 0 Å². The van der Waals surface area contributed by atoms with Crippen LogP contribution in [-0.4, -0.2) is 33.7 Å². The molecule has 0 saturated carbocycles. The van der Waals surface area contributed by atoms with Crippen molar-refractivity contribution in [3.05, 3.63) is 78.0 Å². The molecule has 162 valence electrons. The lowest BCUT2D eigenvalue weighted by atomic mass is 10.0. The molecule has 4 aromatic rings. The Bertz CT molecular complexity index is 1470. The third-order valence-corrected chi connectivity index (χ3v) is 7.04. The standard InChI is InChI=1S/C24H23N5O2S/c1-3-11-32(30,31)28-18-6-4-5-17(12-18)22-14-25-21-10-8-19(24(21)27-22)16-7-9-20-23(13-16)29(2)15-26-20/h4-9,12-15,28H,3,10-11H2,1-2H3. The summed E-state index contributed by atoms with van der Waals surface area (Å²) in [5, 5.41) is 0. The maximum absolute atomic E-state index is 12.1. The van der Waals surface area contributed by atoms with Crippen molar-refractivity contribution in [3.63, 3.8) is 0 Å². The Hall–Kier alpha value is -3.52. The molecule has 1 aliphatic rings. The number of nitrogens with zero attached hydrogens (tertiary/aromatic N) is 4. The normalized spacial score (nSPS) is 13.2. The predicted molar refractivity (Wildman–Crippen MR) is 127 cm³/mol. The van der Waals surface area contributed by atoms with Crippen LogP contribution < -0.4 is 4.72 Å². The summed E-state index contributed by atoms with van der Waals surface area (Å²) in [6, 6.07) is 13.5. The zero-order chi connectivity index (χ0) is 22.3. The topological polar surface area (TPSA) is 89.8 Å². The molecule has 2 aromatic carbocycles. The molecule has 0 radical (unpaired) electrons. The lowest BCUT2D eigenvalue weighted by molar-refractivity contribution is 0.600. The highest BCUT2D eigenvalue weighted by Gasteiger charge is 2.20. The second kappa shape index (κ2) is 7.87. The molecule has 8 heteroatoms. The van der Waals surface area contributed by atoms with Crippen LogP contribution in [-0.2, 0) is 23.5 Å². The maximum Gasteiger partial charge on any atom is 0.232 e. The quantitative estimate of drug-likeness (QED) is 0.481. The van der Waals surface area contributed by atoms with E-state index in [-0.39, 0.29) is 5.75 Å². The van der Waals surface area contributed by atoms with E-state index < -0.39 is 10.0 Å². The van der Waals surface area contributed by atoms with E-state index in [1.807, 2.05) is 43.1 Å². The van der Waals surface area contributed by atoms with Crippen LogP contribution in [0.4, 0.5) is 5.69 Å². The first-order valence-electron chi connectivity index (χ1n) is 10.5. The second-order valence-corrected chi connectivity index (χ2v) is 9.78. The minimum atomic E-state index is -3.36. The van der Waals surface area contributed by atoms with Crippen molar-refractivity contribution in [1.29, 1.82) is 0 Å². The van der Waals surface area contributed by atoms with E-state index in [4.69, 9.17) is 4.98 Å². The molecule has 0 unspecified atom stereocenters. The van der Waals surface area contributed by atoms with Gasteiger partial charge < -0.3 is 4.57 Å². The molecule has 2 heterocycles. The smallest absolute Gasteiger partial charge is 0.232 e. The van der Waals surface area contributed by atoms with Gasteiger partial charge in [0.2, 0.25) is 10.0 Å². The van der Waals surface area contributed by atoms with Gasteiger partial charge in [-0.3, -0.25) is 9.71 Å². The largest absolute Gasteiger partial charge is 0.334 e. The number of fused-ring (bicyclic) bond motifs is 2. The van der Waals surface area contributed by atoms with Gasteiger partial charge in [0.15, 0.2) is 0 Å². The van der Waals surface area contributed by atoms with E-state index in [0.29, 0.717) is 17.8 Å². The third-order valence-electron chi connectivity index (χ3n) is 5.54. The molecule has 5 rings (SSSR count). The fourth-order valence-corrected chi connectivity index (χ4v) is 5.13. The molecule has 0 bridgehead atoms. The van der Waals surface area contributed by atoms with Crippen LogP contribution in [0.25, 0.3) is 27.9 Å². The average Bonchev–Trinajstić information content (AvgIpc) is 3.36. The molecule has 32 heavy (non-hydrogen) atoms. The molecular formula is C24H23N5O2S. The van der Waals surface area contributed by atoms with E-state index in [1.54, 1.807) is 18.3 Å². The number of imidazole rings is 1. The predicted octanol–water partition coefficient (Wildman–Crippen LogP) is 4.17. The van der Waals surface area contributed by atoms with E-state index in [2.05, 4.69) is 32.9 Å². The molecule has 0 aliphatic heterocycles. The molecule has 0 spiro atoms. The van der Waals surface area contributed by atoms with Crippen LogP contribution in [0, 0.1) is 0 Å². The average molecular weight is 446 g/mol. The van der Waals surface area contributed by atoms with Crippen molar-refractivity contribution >= 4 is 32.3 Å². The zero-order valence-corrected chi connectivity index (χ0v) is 18.7. The Kier molecular flexibility index (Phi) is 5.01. The molecule has 1 N–H and O–H groups in total. The van der Waals surface area contributed by atoms with Gasteiger partial charge in [-0.1, -0.05) is 31.2 Å². The summed E-state index contributed by atoms with van der Waals surface area (Å²) in [5.41, 5.74) is 7.99. The summed E-state index contributed by atoms with van der Waals surface area (Å²) in [6.07, 6.45) is 7.01. The minimum absolute atomic E-state index is 0.0883. The summed E-state index contributed by atoms with van der Waals surface area (Å²) >= 11 is 0. The maximum atomic E-state index is 12.1. The lowest BCUT2D eigenvalue weighted by Gasteiger charge is -2.10. The number of sulfonamides is 1. The SMILES string of the molecule is CCCS(=O)(=O)Nc1cccc(-c2cnc3c(n2)C(c2ccc4ncn(C)c4c2)=CC3)c1. The Labute approximate surface area is 186 Å². The monoisotopic (exact) mass is 445 g/mol. The van der Waals surface area contributed by atoms with E-state index >= 15 is 0 Å². The number of nitrogens with one attached hydrogen (secondary N) is 1. The minimum Gasteiger partial charge on any atom is -0.334 e. The number of anilines is 1. The van der Waals surface area contributed by atoms with Crippen molar-refractivity contribution in [2.45, 2.75) is 19.8 Å². The lowest BCUT2D eigenvalue weighted by Crippen LogP contribution is -2.16. The molecule has 1 aliphatic carbocycles. The van der Waals surface area contributed by atoms with Gasteiger partial charge in [0.25, 0.3) is 0 Å². The first-order chi connectivity index (χ1) is 15.4. The number of hydrogen-bond acceptors (Lipinski definition) is 5. The molecular weight excluding hydrogens is 422 g/mol. The number of aryl methyl sites for hydroxylation is 1. The summed E-state index contributed by atoms with van der Waals surface area (Å²) in [5.74, 6) is 0.0883. The first-order valence-corrected chi connectivity index (χ1v) is 12.2. The van der Waals surface area contributed by atoms with Crippen molar-refractivity contribution in [1.82, 2.24) is 19.5 Å². The van der Waals surface area contributed by atoms with E-state index in [1.165, 1.54) is 0 Å². The van der Waals surface area contributed by atoms with Crippen molar-refractivity contribution < 1.29 is 8.42 Å². The van der Waals surface area contributed by atoms with Gasteiger partial charge in [-0.2, -0.15) is 0 Å². The van der Waals surface area contributed by atoms with Crippen molar-refractivity contribution in [3.8, 4) is 11.3 Å². The fourth-order valence-electron chi connectivity index (χ4n) is 4.00. The number of allylic oxidation sites excluding steroid dienone is 1. The molecule has 0 fully saturated rings. The Morgan fingerprint density at radius 3 is 2.81 bits per heavy atom. The first kappa shape index (κ1) is 20.4. The van der Waals surface area contributed by atoms with E-state index in [0.717, 1.165) is 45.5 Å². The van der Waals surface area contributed by atoms with E-state index in [9.17, 15) is 8.42 Å². The van der Waals surface area contributed by atoms with Gasteiger partial charge in [0.1, 0.15) is 0 Å². The fraction of sp³-hybridized carbons (Fsp3) is 0.208. The van der Waals surface area contributed by atoms with Crippen LogP contribution in [0.1, 0.15) is 30.3 Å². The van der Waals surface area contributed by atoms with Crippen molar-refractivity contribution in [2.24, 2.45) is 7.05 Å². The highest BCUT2D eigenvalue weighted by atomic mass is 32.2. The zero-order valence-electron chi connectivity index (χ0n) is 17.9. The summed E-state index contributed by atoms with van der Waals surface area (Å²) in [6.45, 7) is 1.84. The van der Waals surface area contributed by atoms with Crippen LogP contribution in [0.3, 0.4) is 0 Å². The number of aromatic nitrogens is 4. The Morgan fingerprint density at radius 1 is 1.09 bits per heavy atom. The van der Waals surface area contributed by atoms with Crippen LogP contribution in [0.15, 0.2) is 61.1 Å². The number of benzene rings is 2. The highest BCUT2D eigenvalue weighted by Crippen LogP contribution is 2.33. The van der Waals surface area contributed by atoms with Gasteiger partial charge in [0, 0.05) is 30.3 Å². The highest BCUT2D eigenvalue weighted by molar-refractivity contribution is 7.92.